The first-order valence-corrected chi connectivity index (χ1v) is 11.6. The van der Waals surface area contributed by atoms with Crippen LogP contribution in [0, 0.1) is 11.6 Å². The summed E-state index contributed by atoms with van der Waals surface area (Å²) < 4.78 is 43.5. The molecule has 1 amide bonds. The molecule has 12 nitrogen and oxygen atoms in total. The zero-order valence-corrected chi connectivity index (χ0v) is 19.5. The maximum atomic E-state index is 15.3. The maximum absolute atomic E-state index is 15.3. The second kappa shape index (κ2) is 9.87. The molecule has 5 rings (SSSR count). The van der Waals surface area contributed by atoms with Gasteiger partial charge in [-0.05, 0) is 31.9 Å². The van der Waals surface area contributed by atoms with Crippen LogP contribution in [-0.4, -0.2) is 79.8 Å². The van der Waals surface area contributed by atoms with Crippen molar-refractivity contribution in [1.82, 2.24) is 34.9 Å². The molecule has 2 fully saturated rings. The highest BCUT2D eigenvalue weighted by Gasteiger charge is 2.34. The number of rotatable bonds is 7. The highest BCUT2D eigenvalue weighted by atomic mass is 19.1. The van der Waals surface area contributed by atoms with Gasteiger partial charge in [0.15, 0.2) is 11.9 Å². The number of anilines is 1. The first-order chi connectivity index (χ1) is 17.5. The SMILES string of the molecule is CCOC(=O)c1cn(C2CCN(c3c(F)cc([C@H](N4CCOC4=O)n4ccnn4)cc3F)CC2)nn1. The fourth-order valence-corrected chi connectivity index (χ4v) is 4.59. The van der Waals surface area contributed by atoms with Crippen molar-refractivity contribution in [3.05, 3.63) is 53.6 Å². The van der Waals surface area contributed by atoms with Gasteiger partial charge in [-0.3, -0.25) is 4.90 Å². The molecule has 2 aliphatic rings. The van der Waals surface area contributed by atoms with Crippen LogP contribution in [0.4, 0.5) is 19.3 Å². The number of halogens is 2. The van der Waals surface area contributed by atoms with Crippen molar-refractivity contribution < 1.29 is 27.8 Å². The van der Waals surface area contributed by atoms with Crippen molar-refractivity contribution in [2.24, 2.45) is 0 Å². The van der Waals surface area contributed by atoms with Crippen LogP contribution in [0.5, 0.6) is 0 Å². The molecule has 0 unspecified atom stereocenters. The number of benzene rings is 1. The summed E-state index contributed by atoms with van der Waals surface area (Å²) in [6.07, 6.45) is 4.07. The Bertz CT molecular complexity index is 1220. The molecule has 1 atom stereocenters. The number of aromatic nitrogens is 6. The van der Waals surface area contributed by atoms with Crippen LogP contribution in [0.2, 0.25) is 0 Å². The Kier molecular flexibility index (Phi) is 6.48. The lowest BCUT2D eigenvalue weighted by Crippen LogP contribution is -2.37. The second-order valence-electron chi connectivity index (χ2n) is 8.42. The minimum atomic E-state index is -0.896. The standard InChI is InChI=1S/C22H24F2N8O4/c1-2-35-21(33)18-13-32(28-26-18)15-3-6-29(7-4-15)19-16(23)11-14(12-17(19)24)20(31-8-5-25-27-31)30-9-10-36-22(30)34/h5,8,11-13,15,20H,2-4,6-7,9-10H2,1H3/t20-/m1/s1. The highest BCUT2D eigenvalue weighted by molar-refractivity contribution is 5.86. The van der Waals surface area contributed by atoms with Crippen LogP contribution in [0.1, 0.15) is 48.0 Å². The fraction of sp³-hybridized carbons (Fsp3) is 0.455. The third kappa shape index (κ3) is 4.45. The van der Waals surface area contributed by atoms with E-state index in [1.807, 2.05) is 0 Å². The molecule has 0 radical (unpaired) electrons. The third-order valence-electron chi connectivity index (χ3n) is 6.27. The Labute approximate surface area is 204 Å². The minimum absolute atomic E-state index is 0.0693. The van der Waals surface area contributed by atoms with E-state index in [4.69, 9.17) is 9.47 Å². The molecule has 0 saturated carbocycles. The largest absolute Gasteiger partial charge is 0.461 e. The number of cyclic esters (lactones) is 1. The topological polar surface area (TPSA) is 120 Å². The van der Waals surface area contributed by atoms with E-state index in [1.54, 1.807) is 16.5 Å². The average molecular weight is 502 g/mol. The normalized spacial score (nSPS) is 17.4. The van der Waals surface area contributed by atoms with E-state index in [0.717, 1.165) is 0 Å². The van der Waals surface area contributed by atoms with Crippen LogP contribution < -0.4 is 4.90 Å². The summed E-state index contributed by atoms with van der Waals surface area (Å²) >= 11 is 0. The molecule has 0 N–H and O–H groups in total. The molecular formula is C22H24F2N8O4. The fourth-order valence-electron chi connectivity index (χ4n) is 4.59. The number of carbonyl (C=O) groups excluding carboxylic acids is 2. The average Bonchev–Trinajstić information content (AvgIpc) is 3.63. The minimum Gasteiger partial charge on any atom is -0.461 e. The molecule has 0 bridgehead atoms. The summed E-state index contributed by atoms with van der Waals surface area (Å²) in [6.45, 7) is 3.12. The molecule has 2 saturated heterocycles. The molecule has 3 aromatic rings. The van der Waals surface area contributed by atoms with Gasteiger partial charge in [0, 0.05) is 24.8 Å². The molecule has 0 spiro atoms. The third-order valence-corrected chi connectivity index (χ3v) is 6.27. The van der Waals surface area contributed by atoms with Gasteiger partial charge in [-0.1, -0.05) is 10.4 Å². The molecular weight excluding hydrogens is 478 g/mol. The summed E-state index contributed by atoms with van der Waals surface area (Å²) in [4.78, 5) is 27.0. The molecule has 2 aliphatic heterocycles. The van der Waals surface area contributed by atoms with Gasteiger partial charge in [0.2, 0.25) is 0 Å². The van der Waals surface area contributed by atoms with Gasteiger partial charge in [-0.2, -0.15) is 0 Å². The van der Waals surface area contributed by atoms with Gasteiger partial charge in [0.25, 0.3) is 0 Å². The Hall–Kier alpha value is -4.10. The van der Waals surface area contributed by atoms with Crippen molar-refractivity contribution in [1.29, 1.82) is 0 Å². The van der Waals surface area contributed by atoms with Crippen molar-refractivity contribution in [2.75, 3.05) is 37.7 Å². The summed E-state index contributed by atoms with van der Waals surface area (Å²) in [6, 6.07) is 2.36. The Morgan fingerprint density at radius 1 is 1.19 bits per heavy atom. The van der Waals surface area contributed by atoms with Gasteiger partial charge in [-0.15, -0.1) is 10.2 Å². The van der Waals surface area contributed by atoms with Crippen LogP contribution in [-0.2, 0) is 9.47 Å². The molecule has 36 heavy (non-hydrogen) atoms. The van der Waals surface area contributed by atoms with E-state index in [2.05, 4.69) is 20.6 Å². The van der Waals surface area contributed by atoms with Crippen LogP contribution in [0.3, 0.4) is 0 Å². The Balaban J connectivity index is 1.33. The lowest BCUT2D eigenvalue weighted by atomic mass is 10.0. The number of nitrogens with zero attached hydrogens (tertiary/aromatic N) is 8. The van der Waals surface area contributed by atoms with Gasteiger partial charge in [0.05, 0.1) is 31.6 Å². The summed E-state index contributed by atoms with van der Waals surface area (Å²) in [5, 5.41) is 15.6. The van der Waals surface area contributed by atoms with Crippen molar-refractivity contribution in [3.63, 3.8) is 0 Å². The van der Waals surface area contributed by atoms with E-state index in [-0.39, 0.29) is 42.7 Å². The van der Waals surface area contributed by atoms with E-state index in [9.17, 15) is 9.59 Å². The summed E-state index contributed by atoms with van der Waals surface area (Å²) in [5.41, 5.74) is 0.196. The Morgan fingerprint density at radius 2 is 1.94 bits per heavy atom. The van der Waals surface area contributed by atoms with E-state index >= 15 is 8.78 Å². The van der Waals surface area contributed by atoms with Gasteiger partial charge in [-0.25, -0.2) is 27.7 Å². The molecule has 4 heterocycles. The van der Waals surface area contributed by atoms with Crippen LogP contribution in [0.25, 0.3) is 0 Å². The zero-order chi connectivity index (χ0) is 25.2. The number of hydrogen-bond donors (Lipinski definition) is 0. The van der Waals surface area contributed by atoms with Gasteiger partial charge >= 0.3 is 12.1 Å². The lowest BCUT2D eigenvalue weighted by molar-refractivity contribution is 0.0519. The van der Waals surface area contributed by atoms with E-state index < -0.39 is 29.9 Å². The maximum Gasteiger partial charge on any atom is 0.411 e. The molecule has 14 heteroatoms. The number of ether oxygens (including phenoxy) is 2. The summed E-state index contributed by atoms with van der Waals surface area (Å²) in [7, 11) is 0. The monoisotopic (exact) mass is 502 g/mol. The molecule has 2 aromatic heterocycles. The first kappa shape index (κ1) is 23.6. The molecule has 1 aromatic carbocycles. The van der Waals surface area contributed by atoms with Crippen molar-refractivity contribution >= 4 is 17.7 Å². The predicted molar refractivity (Wildman–Crippen MR) is 119 cm³/mol. The number of esters is 1. The predicted octanol–water partition coefficient (Wildman–Crippen LogP) is 2.17. The molecule has 190 valence electrons. The van der Waals surface area contributed by atoms with Gasteiger partial charge < -0.3 is 14.4 Å². The highest BCUT2D eigenvalue weighted by Crippen LogP contribution is 2.34. The first-order valence-electron chi connectivity index (χ1n) is 11.6. The number of hydrogen-bond acceptors (Lipinski definition) is 9. The number of carbonyl (C=O) groups is 2. The summed E-state index contributed by atoms with van der Waals surface area (Å²) in [5.74, 6) is -2.03. The molecule has 0 aliphatic carbocycles. The van der Waals surface area contributed by atoms with E-state index in [1.165, 1.54) is 40.3 Å². The number of piperidine rings is 1. The smallest absolute Gasteiger partial charge is 0.411 e. The lowest BCUT2D eigenvalue weighted by Gasteiger charge is -2.34. The van der Waals surface area contributed by atoms with E-state index in [0.29, 0.717) is 25.9 Å². The van der Waals surface area contributed by atoms with Gasteiger partial charge in [0.1, 0.15) is 23.9 Å². The van der Waals surface area contributed by atoms with Crippen LogP contribution in [0.15, 0.2) is 30.7 Å². The van der Waals surface area contributed by atoms with Crippen molar-refractivity contribution in [2.45, 2.75) is 32.0 Å². The Morgan fingerprint density at radius 3 is 2.56 bits per heavy atom. The zero-order valence-electron chi connectivity index (χ0n) is 19.5. The van der Waals surface area contributed by atoms with Crippen molar-refractivity contribution in [3.8, 4) is 0 Å². The van der Waals surface area contributed by atoms with Crippen LogP contribution >= 0.6 is 0 Å². The number of amides is 1. The second-order valence-corrected chi connectivity index (χ2v) is 8.42. The quantitative estimate of drug-likeness (QED) is 0.448.